The van der Waals surface area contributed by atoms with Crippen molar-refractivity contribution in [2.24, 2.45) is 4.99 Å². The molecule has 3 aliphatic rings. The van der Waals surface area contributed by atoms with Gasteiger partial charge in [-0.25, -0.2) is 4.99 Å². The molecule has 1 aromatic carbocycles. The molecule has 4 nitrogen and oxygen atoms in total. The maximum absolute atomic E-state index is 11.8. The Labute approximate surface area is 131 Å². The molecule has 3 heterocycles. The first-order valence-corrected chi connectivity index (χ1v) is 8.28. The van der Waals surface area contributed by atoms with Gasteiger partial charge >= 0.3 is 5.97 Å². The lowest BCUT2D eigenvalue weighted by Gasteiger charge is -2.52. The van der Waals surface area contributed by atoms with Crippen molar-refractivity contribution in [1.82, 2.24) is 0 Å². The summed E-state index contributed by atoms with van der Waals surface area (Å²) in [5.41, 5.74) is 2.55. The molecule has 3 atom stereocenters. The van der Waals surface area contributed by atoms with Gasteiger partial charge in [0.05, 0.1) is 25.8 Å². The van der Waals surface area contributed by atoms with E-state index in [9.17, 15) is 4.79 Å². The molecule has 22 heavy (non-hydrogen) atoms. The van der Waals surface area contributed by atoms with Crippen molar-refractivity contribution in [1.29, 1.82) is 0 Å². The number of aliphatic imine (C=N–C) groups is 1. The van der Waals surface area contributed by atoms with E-state index in [1.807, 2.05) is 18.2 Å². The van der Waals surface area contributed by atoms with Gasteiger partial charge < -0.3 is 9.22 Å². The number of esters is 1. The lowest BCUT2D eigenvalue weighted by Crippen LogP contribution is -2.67. The first-order valence-electron chi connectivity index (χ1n) is 8.28. The number of carbonyl (C=O) groups excluding carboxylic acids is 1. The summed E-state index contributed by atoms with van der Waals surface area (Å²) >= 11 is 0. The number of ether oxygens (including phenoxy) is 1. The number of para-hydroxylation sites is 1. The number of rotatable bonds is 1. The van der Waals surface area contributed by atoms with Gasteiger partial charge in [-0.3, -0.25) is 4.79 Å². The van der Waals surface area contributed by atoms with E-state index in [4.69, 9.17) is 9.73 Å². The lowest BCUT2D eigenvalue weighted by molar-refractivity contribution is -0.932. The molecule has 0 spiro atoms. The van der Waals surface area contributed by atoms with Crippen molar-refractivity contribution >= 4 is 17.4 Å². The zero-order valence-corrected chi connectivity index (χ0v) is 13.3. The van der Waals surface area contributed by atoms with E-state index in [-0.39, 0.29) is 5.97 Å². The van der Waals surface area contributed by atoms with Crippen LogP contribution in [0.2, 0.25) is 0 Å². The van der Waals surface area contributed by atoms with Crippen LogP contribution in [0.1, 0.15) is 38.2 Å². The summed E-state index contributed by atoms with van der Waals surface area (Å²) in [7, 11) is 2.34. The minimum atomic E-state index is -0.609. The Morgan fingerprint density at radius 1 is 1.32 bits per heavy atom. The molecule has 0 aliphatic carbocycles. The van der Waals surface area contributed by atoms with Crippen LogP contribution in [0.3, 0.4) is 0 Å². The standard InChI is InChI=1S/C18H23N2O2/c1-13(21)22-18-10-12-20(2)11-6-5-9-16(20)17(18)19-15-8-4-3-7-14(15)18/h3-4,7-8,16H,5-6,9-12H2,1-2H3/q+1/t16-,18+,20-/m0/s1. The molecule has 2 saturated heterocycles. The van der Waals surface area contributed by atoms with Gasteiger partial charge in [-0.1, -0.05) is 18.2 Å². The number of piperidine rings is 2. The molecule has 0 amide bonds. The van der Waals surface area contributed by atoms with Crippen LogP contribution in [0.4, 0.5) is 5.69 Å². The van der Waals surface area contributed by atoms with Gasteiger partial charge in [0.1, 0.15) is 11.8 Å². The third-order valence-electron chi connectivity index (χ3n) is 5.75. The fraction of sp³-hybridized carbons (Fsp3) is 0.556. The second-order valence-corrected chi connectivity index (χ2v) is 7.12. The maximum Gasteiger partial charge on any atom is 0.303 e. The number of fused-ring (bicyclic) bond motifs is 5. The predicted molar refractivity (Wildman–Crippen MR) is 85.2 cm³/mol. The second-order valence-electron chi connectivity index (χ2n) is 7.12. The van der Waals surface area contributed by atoms with E-state index < -0.39 is 5.60 Å². The van der Waals surface area contributed by atoms with E-state index in [2.05, 4.69) is 13.1 Å². The van der Waals surface area contributed by atoms with Crippen LogP contribution in [0.5, 0.6) is 0 Å². The molecule has 0 saturated carbocycles. The Balaban J connectivity index is 1.86. The van der Waals surface area contributed by atoms with Crippen LogP contribution in [-0.2, 0) is 15.1 Å². The van der Waals surface area contributed by atoms with Gasteiger partial charge in [0.15, 0.2) is 5.60 Å². The third-order valence-corrected chi connectivity index (χ3v) is 5.75. The molecule has 0 radical (unpaired) electrons. The summed E-state index contributed by atoms with van der Waals surface area (Å²) in [6.45, 7) is 3.76. The van der Waals surface area contributed by atoms with Crippen molar-refractivity contribution < 1.29 is 14.0 Å². The number of hydrogen-bond acceptors (Lipinski definition) is 3. The van der Waals surface area contributed by atoms with Crippen LogP contribution in [0.15, 0.2) is 29.3 Å². The molecule has 0 bridgehead atoms. The van der Waals surface area contributed by atoms with Gasteiger partial charge in [-0.15, -0.1) is 0 Å². The Morgan fingerprint density at radius 2 is 2.14 bits per heavy atom. The SMILES string of the molecule is CC(=O)O[C@@]12CC[N@+]3(C)CCCC[C@H]3C1=Nc1ccccc12. The molecule has 1 aromatic rings. The first-order chi connectivity index (χ1) is 10.6. The fourth-order valence-corrected chi connectivity index (χ4v) is 4.67. The average Bonchev–Trinajstić information content (AvgIpc) is 2.81. The van der Waals surface area contributed by atoms with E-state index in [1.165, 1.54) is 26.3 Å². The highest BCUT2D eigenvalue weighted by Crippen LogP contribution is 2.50. The molecule has 3 aliphatic heterocycles. The van der Waals surface area contributed by atoms with Crippen molar-refractivity contribution in [3.8, 4) is 0 Å². The molecule has 2 fully saturated rings. The number of quaternary nitrogens is 1. The summed E-state index contributed by atoms with van der Waals surface area (Å²) in [6.07, 6.45) is 4.51. The minimum absolute atomic E-state index is 0.212. The minimum Gasteiger partial charge on any atom is -0.448 e. The highest BCUT2D eigenvalue weighted by molar-refractivity contribution is 6.04. The number of carbonyl (C=O) groups is 1. The largest absolute Gasteiger partial charge is 0.448 e. The van der Waals surface area contributed by atoms with Crippen LogP contribution < -0.4 is 0 Å². The summed E-state index contributed by atoms with van der Waals surface area (Å²) in [5, 5.41) is 0. The Kier molecular flexibility index (Phi) is 2.95. The normalized spacial score (nSPS) is 35.9. The molecular formula is C18H23N2O2+. The van der Waals surface area contributed by atoms with Gasteiger partial charge in [0, 0.05) is 25.3 Å². The van der Waals surface area contributed by atoms with Gasteiger partial charge in [-0.2, -0.15) is 0 Å². The zero-order valence-electron chi connectivity index (χ0n) is 13.3. The molecule has 0 aromatic heterocycles. The molecule has 0 N–H and O–H groups in total. The summed E-state index contributed by atoms with van der Waals surface area (Å²) in [5.74, 6) is -0.212. The van der Waals surface area contributed by atoms with Crippen molar-refractivity contribution in [3.05, 3.63) is 29.8 Å². The zero-order chi connectivity index (χ0) is 15.4. The second kappa shape index (κ2) is 4.66. The highest BCUT2D eigenvalue weighted by atomic mass is 16.6. The number of nitrogens with zero attached hydrogens (tertiary/aromatic N) is 2. The summed E-state index contributed by atoms with van der Waals surface area (Å²) in [4.78, 5) is 16.8. The van der Waals surface area contributed by atoms with Gasteiger partial charge in [0.25, 0.3) is 0 Å². The Morgan fingerprint density at radius 3 is 2.95 bits per heavy atom. The first kappa shape index (κ1) is 13.9. The maximum atomic E-state index is 11.8. The Bertz CT molecular complexity index is 669. The van der Waals surface area contributed by atoms with Crippen molar-refractivity contribution in [3.63, 3.8) is 0 Å². The molecule has 4 rings (SSSR count). The van der Waals surface area contributed by atoms with Gasteiger partial charge in [0.2, 0.25) is 0 Å². The molecular weight excluding hydrogens is 276 g/mol. The predicted octanol–water partition coefficient (Wildman–Crippen LogP) is 2.93. The van der Waals surface area contributed by atoms with Crippen molar-refractivity contribution in [2.75, 3.05) is 20.1 Å². The van der Waals surface area contributed by atoms with Crippen LogP contribution in [0, 0.1) is 0 Å². The quantitative estimate of drug-likeness (QED) is 0.591. The topological polar surface area (TPSA) is 38.7 Å². The third kappa shape index (κ3) is 1.80. The average molecular weight is 299 g/mol. The van der Waals surface area contributed by atoms with Crippen LogP contribution >= 0.6 is 0 Å². The molecule has 4 heteroatoms. The van der Waals surface area contributed by atoms with E-state index in [0.29, 0.717) is 6.04 Å². The lowest BCUT2D eigenvalue weighted by atomic mass is 9.76. The fourth-order valence-electron chi connectivity index (χ4n) is 4.67. The summed E-state index contributed by atoms with van der Waals surface area (Å²) in [6, 6.07) is 8.53. The number of benzene rings is 1. The van der Waals surface area contributed by atoms with Crippen LogP contribution in [0.25, 0.3) is 0 Å². The monoisotopic (exact) mass is 299 g/mol. The van der Waals surface area contributed by atoms with Crippen molar-refractivity contribution in [2.45, 2.75) is 44.2 Å². The Hall–Kier alpha value is -1.68. The van der Waals surface area contributed by atoms with Gasteiger partial charge in [-0.05, 0) is 18.9 Å². The highest BCUT2D eigenvalue weighted by Gasteiger charge is 2.59. The van der Waals surface area contributed by atoms with E-state index in [0.717, 1.165) is 40.8 Å². The van der Waals surface area contributed by atoms with Crippen LogP contribution in [-0.4, -0.2) is 42.3 Å². The van der Waals surface area contributed by atoms with E-state index >= 15 is 0 Å². The summed E-state index contributed by atoms with van der Waals surface area (Å²) < 4.78 is 6.99. The smallest absolute Gasteiger partial charge is 0.303 e. The van der Waals surface area contributed by atoms with E-state index in [1.54, 1.807) is 0 Å². The molecule has 0 unspecified atom stereocenters. The number of hydrogen-bond donors (Lipinski definition) is 0. The molecule has 116 valence electrons.